The standard InChI is InChI=1S/C25H28N2O6/c1-31-19-8-6-17(7-9-19)23(28)21-22(18-4-3-5-20(16-18)32-2)27(25(30)24(21)29)11-10-26-12-14-33-15-13-26/h3-9,16,22,28H,10-15H2,1-2H3/b23-21+/t22-/m1/s1. The van der Waals surface area contributed by atoms with Gasteiger partial charge in [0, 0.05) is 31.7 Å². The molecule has 2 aliphatic heterocycles. The van der Waals surface area contributed by atoms with Crippen LogP contribution < -0.4 is 9.47 Å². The van der Waals surface area contributed by atoms with E-state index in [1.54, 1.807) is 55.5 Å². The molecular weight excluding hydrogens is 424 g/mol. The number of aliphatic hydroxyl groups is 1. The Kier molecular flexibility index (Phi) is 6.96. The molecule has 4 rings (SSSR count). The van der Waals surface area contributed by atoms with Gasteiger partial charge in [-0.25, -0.2) is 0 Å². The summed E-state index contributed by atoms with van der Waals surface area (Å²) < 4.78 is 15.9. The van der Waals surface area contributed by atoms with Crippen molar-refractivity contribution in [2.75, 3.05) is 53.6 Å². The number of morpholine rings is 1. The van der Waals surface area contributed by atoms with E-state index in [1.165, 1.54) is 0 Å². The van der Waals surface area contributed by atoms with Gasteiger partial charge in [0.15, 0.2) is 0 Å². The predicted octanol–water partition coefficient (Wildman–Crippen LogP) is 2.46. The lowest BCUT2D eigenvalue weighted by Gasteiger charge is -2.31. The molecular formula is C25H28N2O6. The van der Waals surface area contributed by atoms with Gasteiger partial charge in [-0.3, -0.25) is 14.5 Å². The van der Waals surface area contributed by atoms with Crippen molar-refractivity contribution in [2.24, 2.45) is 0 Å². The first kappa shape index (κ1) is 22.8. The highest BCUT2D eigenvalue weighted by Crippen LogP contribution is 2.40. The molecule has 2 aliphatic rings. The van der Waals surface area contributed by atoms with Gasteiger partial charge in [0.05, 0.1) is 39.0 Å². The molecule has 0 radical (unpaired) electrons. The summed E-state index contributed by atoms with van der Waals surface area (Å²) in [5.74, 6) is -0.292. The van der Waals surface area contributed by atoms with Crippen molar-refractivity contribution >= 4 is 17.4 Å². The maximum absolute atomic E-state index is 13.1. The Morgan fingerprint density at radius 3 is 2.36 bits per heavy atom. The third-order valence-corrected chi connectivity index (χ3v) is 6.07. The second kappa shape index (κ2) is 10.1. The number of hydrogen-bond acceptors (Lipinski definition) is 7. The van der Waals surface area contributed by atoms with Crippen molar-refractivity contribution in [1.29, 1.82) is 0 Å². The minimum Gasteiger partial charge on any atom is -0.507 e. The number of benzene rings is 2. The largest absolute Gasteiger partial charge is 0.507 e. The molecule has 0 unspecified atom stereocenters. The van der Waals surface area contributed by atoms with Crippen LogP contribution in [0.2, 0.25) is 0 Å². The number of Topliss-reactive ketones (excluding diaryl/α,β-unsaturated/α-hetero) is 1. The molecule has 2 saturated heterocycles. The fourth-order valence-electron chi connectivity index (χ4n) is 4.25. The maximum Gasteiger partial charge on any atom is 0.295 e. The number of aliphatic hydroxyl groups excluding tert-OH is 1. The molecule has 2 aromatic carbocycles. The van der Waals surface area contributed by atoms with Gasteiger partial charge in [-0.2, -0.15) is 0 Å². The monoisotopic (exact) mass is 452 g/mol. The van der Waals surface area contributed by atoms with Gasteiger partial charge >= 0.3 is 0 Å². The third kappa shape index (κ3) is 4.72. The second-order valence-electron chi connectivity index (χ2n) is 7.95. The average Bonchev–Trinajstić information content (AvgIpc) is 3.12. The number of nitrogens with zero attached hydrogens (tertiary/aromatic N) is 2. The lowest BCUT2D eigenvalue weighted by atomic mass is 9.95. The van der Waals surface area contributed by atoms with Crippen molar-refractivity contribution in [3.05, 3.63) is 65.2 Å². The Morgan fingerprint density at radius 1 is 1.00 bits per heavy atom. The summed E-state index contributed by atoms with van der Waals surface area (Å²) in [5.41, 5.74) is 1.21. The van der Waals surface area contributed by atoms with Crippen LogP contribution in [0.25, 0.3) is 5.76 Å². The van der Waals surface area contributed by atoms with E-state index in [0.717, 1.165) is 13.1 Å². The number of rotatable bonds is 7. The SMILES string of the molecule is COc1ccc(/C(O)=C2\C(=O)C(=O)N(CCN3CCOCC3)[C@@H]2c2cccc(OC)c2)cc1. The van der Waals surface area contributed by atoms with Crippen LogP contribution >= 0.6 is 0 Å². The molecule has 0 aliphatic carbocycles. The number of methoxy groups -OCH3 is 2. The average molecular weight is 453 g/mol. The zero-order chi connectivity index (χ0) is 23.4. The summed E-state index contributed by atoms with van der Waals surface area (Å²) >= 11 is 0. The predicted molar refractivity (Wildman–Crippen MR) is 122 cm³/mol. The van der Waals surface area contributed by atoms with Crippen molar-refractivity contribution in [3.63, 3.8) is 0 Å². The van der Waals surface area contributed by atoms with Gasteiger partial charge in [0.1, 0.15) is 17.3 Å². The summed E-state index contributed by atoms with van der Waals surface area (Å²) in [5, 5.41) is 11.1. The molecule has 2 heterocycles. The first-order chi connectivity index (χ1) is 16.0. The number of likely N-dealkylation sites (tertiary alicyclic amines) is 1. The smallest absolute Gasteiger partial charge is 0.295 e. The zero-order valence-electron chi connectivity index (χ0n) is 18.8. The number of ether oxygens (including phenoxy) is 3. The number of amides is 1. The Balaban J connectivity index is 1.74. The van der Waals surface area contributed by atoms with Gasteiger partial charge in [-0.1, -0.05) is 12.1 Å². The number of ketones is 1. The van der Waals surface area contributed by atoms with E-state index in [2.05, 4.69) is 4.90 Å². The topological polar surface area (TPSA) is 88.5 Å². The van der Waals surface area contributed by atoms with Crippen LogP contribution in [0, 0.1) is 0 Å². The molecule has 8 heteroatoms. The van der Waals surface area contributed by atoms with E-state index in [-0.39, 0.29) is 11.3 Å². The highest BCUT2D eigenvalue weighted by atomic mass is 16.5. The number of carbonyl (C=O) groups is 2. The molecule has 0 bridgehead atoms. The van der Waals surface area contributed by atoms with Gasteiger partial charge in [0.2, 0.25) is 0 Å². The third-order valence-electron chi connectivity index (χ3n) is 6.07. The zero-order valence-corrected chi connectivity index (χ0v) is 18.8. The molecule has 1 amide bonds. The quantitative estimate of drug-likeness (QED) is 0.392. The van der Waals surface area contributed by atoms with Crippen molar-refractivity contribution in [1.82, 2.24) is 9.80 Å². The molecule has 1 N–H and O–H groups in total. The van der Waals surface area contributed by atoms with Gasteiger partial charge in [-0.05, 0) is 42.0 Å². The molecule has 2 aromatic rings. The molecule has 0 saturated carbocycles. The van der Waals surface area contributed by atoms with Crippen molar-refractivity contribution in [2.45, 2.75) is 6.04 Å². The number of carbonyl (C=O) groups excluding carboxylic acids is 2. The molecule has 33 heavy (non-hydrogen) atoms. The fourth-order valence-corrected chi connectivity index (χ4v) is 4.25. The summed E-state index contributed by atoms with van der Waals surface area (Å²) in [6.07, 6.45) is 0. The summed E-state index contributed by atoms with van der Waals surface area (Å²) in [4.78, 5) is 30.0. The van der Waals surface area contributed by atoms with E-state index in [4.69, 9.17) is 14.2 Å². The second-order valence-corrected chi connectivity index (χ2v) is 7.95. The van der Waals surface area contributed by atoms with Crippen LogP contribution in [0.15, 0.2) is 54.1 Å². The molecule has 2 fully saturated rings. The van der Waals surface area contributed by atoms with E-state index in [9.17, 15) is 14.7 Å². The van der Waals surface area contributed by atoms with Gasteiger partial charge in [0.25, 0.3) is 11.7 Å². The summed E-state index contributed by atoms with van der Waals surface area (Å²) in [6.45, 7) is 3.82. The Hall–Kier alpha value is -3.36. The normalized spacial score (nSPS) is 20.8. The Bertz CT molecular complexity index is 1040. The summed E-state index contributed by atoms with van der Waals surface area (Å²) in [6, 6.07) is 13.2. The van der Waals surface area contributed by atoms with E-state index in [0.29, 0.717) is 48.9 Å². The van der Waals surface area contributed by atoms with Crippen LogP contribution in [0.1, 0.15) is 17.2 Å². The molecule has 0 aromatic heterocycles. The first-order valence-corrected chi connectivity index (χ1v) is 10.9. The lowest BCUT2D eigenvalue weighted by Crippen LogP contribution is -2.42. The molecule has 0 spiro atoms. The van der Waals surface area contributed by atoms with Crippen LogP contribution in [0.4, 0.5) is 0 Å². The minimum atomic E-state index is -0.719. The van der Waals surface area contributed by atoms with Gasteiger partial charge < -0.3 is 24.2 Å². The maximum atomic E-state index is 13.1. The Labute approximate surface area is 193 Å². The lowest BCUT2D eigenvalue weighted by molar-refractivity contribution is -0.140. The van der Waals surface area contributed by atoms with E-state index in [1.807, 2.05) is 12.1 Å². The highest BCUT2D eigenvalue weighted by Gasteiger charge is 2.46. The van der Waals surface area contributed by atoms with Crippen molar-refractivity contribution in [3.8, 4) is 11.5 Å². The van der Waals surface area contributed by atoms with Gasteiger partial charge in [-0.15, -0.1) is 0 Å². The molecule has 8 nitrogen and oxygen atoms in total. The van der Waals surface area contributed by atoms with Crippen LogP contribution in [0.5, 0.6) is 11.5 Å². The number of hydrogen-bond donors (Lipinski definition) is 1. The molecule has 174 valence electrons. The van der Waals surface area contributed by atoms with E-state index < -0.39 is 17.7 Å². The molecule has 1 atom stereocenters. The van der Waals surface area contributed by atoms with Crippen LogP contribution in [-0.4, -0.2) is 80.2 Å². The minimum absolute atomic E-state index is 0.0698. The first-order valence-electron chi connectivity index (χ1n) is 10.9. The van der Waals surface area contributed by atoms with Crippen molar-refractivity contribution < 1.29 is 28.9 Å². The Morgan fingerprint density at radius 2 is 1.70 bits per heavy atom. The van der Waals surface area contributed by atoms with E-state index >= 15 is 0 Å². The van der Waals surface area contributed by atoms with Crippen LogP contribution in [-0.2, 0) is 14.3 Å². The summed E-state index contributed by atoms with van der Waals surface area (Å²) in [7, 11) is 3.11. The van der Waals surface area contributed by atoms with Crippen LogP contribution in [0.3, 0.4) is 0 Å². The fraction of sp³-hybridized carbons (Fsp3) is 0.360. The highest BCUT2D eigenvalue weighted by molar-refractivity contribution is 6.46.